The van der Waals surface area contributed by atoms with Gasteiger partial charge in [0.15, 0.2) is 0 Å². The maximum absolute atomic E-state index is 12.1. The van der Waals surface area contributed by atoms with Crippen LogP contribution in [0.1, 0.15) is 35.8 Å². The number of benzene rings is 1. The Hall–Kier alpha value is -2.21. The molecule has 1 heterocycles. The van der Waals surface area contributed by atoms with Crippen LogP contribution in [0.2, 0.25) is 0 Å². The molecule has 1 aromatic heterocycles. The van der Waals surface area contributed by atoms with Crippen LogP contribution in [0.25, 0.3) is 10.6 Å². The van der Waals surface area contributed by atoms with Crippen LogP contribution in [0.15, 0.2) is 29.6 Å². The lowest BCUT2D eigenvalue weighted by molar-refractivity contribution is -0.137. The first kappa shape index (κ1) is 16.2. The molecule has 2 aromatic rings. The fourth-order valence-corrected chi connectivity index (χ4v) is 2.91. The van der Waals surface area contributed by atoms with Gasteiger partial charge >= 0.3 is 5.97 Å². The first-order chi connectivity index (χ1) is 10.5. The van der Waals surface area contributed by atoms with E-state index in [0.717, 1.165) is 16.1 Å². The Morgan fingerprint density at radius 3 is 2.77 bits per heavy atom. The average molecular weight is 318 g/mol. The number of carboxylic acid groups (broad SMARTS) is 1. The van der Waals surface area contributed by atoms with E-state index in [1.165, 1.54) is 11.3 Å². The highest BCUT2D eigenvalue weighted by Crippen LogP contribution is 2.26. The van der Waals surface area contributed by atoms with Crippen molar-refractivity contribution in [3.63, 3.8) is 0 Å². The summed E-state index contributed by atoms with van der Waals surface area (Å²) in [7, 11) is 0. The summed E-state index contributed by atoms with van der Waals surface area (Å²) in [4.78, 5) is 27.0. The molecule has 5 nitrogen and oxygen atoms in total. The van der Waals surface area contributed by atoms with Gasteiger partial charge in [0.2, 0.25) is 0 Å². The van der Waals surface area contributed by atoms with Crippen molar-refractivity contribution in [2.45, 2.75) is 32.7 Å². The molecule has 22 heavy (non-hydrogen) atoms. The Labute approximate surface area is 133 Å². The number of thiazole rings is 1. The molecule has 1 atom stereocenters. The fourth-order valence-electron chi connectivity index (χ4n) is 2.02. The highest BCUT2D eigenvalue weighted by atomic mass is 32.1. The summed E-state index contributed by atoms with van der Waals surface area (Å²) in [5.41, 5.74) is 2.49. The van der Waals surface area contributed by atoms with E-state index < -0.39 is 5.97 Å². The number of aromatic nitrogens is 1. The predicted molar refractivity (Wildman–Crippen MR) is 86.1 cm³/mol. The van der Waals surface area contributed by atoms with E-state index in [1.54, 1.807) is 12.3 Å². The minimum Gasteiger partial charge on any atom is -0.481 e. The lowest BCUT2D eigenvalue weighted by Crippen LogP contribution is -2.33. The minimum atomic E-state index is -0.864. The van der Waals surface area contributed by atoms with Crippen LogP contribution in [0.4, 0.5) is 0 Å². The van der Waals surface area contributed by atoms with Crippen LogP contribution in [0, 0.1) is 6.92 Å². The van der Waals surface area contributed by atoms with Gasteiger partial charge < -0.3 is 10.4 Å². The van der Waals surface area contributed by atoms with Crippen LogP contribution < -0.4 is 5.32 Å². The maximum Gasteiger partial charge on any atom is 0.303 e. The molecule has 0 saturated heterocycles. The number of carbonyl (C=O) groups excluding carboxylic acids is 1. The molecule has 1 unspecified atom stereocenters. The lowest BCUT2D eigenvalue weighted by Gasteiger charge is -2.11. The first-order valence-electron chi connectivity index (χ1n) is 7.01. The molecule has 6 heteroatoms. The number of hydrogen-bond acceptors (Lipinski definition) is 4. The number of carboxylic acids is 1. The standard InChI is InChI=1S/C16H18N2O3S/c1-10-5-3-4-6-12(10)16-18-13(9-22-16)15(21)17-11(2)7-8-14(19)20/h3-6,9,11H,7-8H2,1-2H3,(H,17,21)(H,19,20). The van der Waals surface area contributed by atoms with Gasteiger partial charge in [-0.15, -0.1) is 11.3 Å². The molecule has 0 aliphatic carbocycles. The SMILES string of the molecule is Cc1ccccc1-c1nc(C(=O)NC(C)CCC(=O)O)cs1. The van der Waals surface area contributed by atoms with Crippen LogP contribution in [0.5, 0.6) is 0 Å². The summed E-state index contributed by atoms with van der Waals surface area (Å²) >= 11 is 1.42. The van der Waals surface area contributed by atoms with Gasteiger partial charge in [-0.25, -0.2) is 4.98 Å². The lowest BCUT2D eigenvalue weighted by atomic mass is 10.1. The van der Waals surface area contributed by atoms with Gasteiger partial charge in [0.1, 0.15) is 10.7 Å². The van der Waals surface area contributed by atoms with Crippen LogP contribution in [-0.4, -0.2) is 28.0 Å². The number of rotatable bonds is 6. The summed E-state index contributed by atoms with van der Waals surface area (Å²) in [5.74, 6) is -1.13. The van der Waals surface area contributed by atoms with Gasteiger partial charge in [-0.05, 0) is 25.8 Å². The third kappa shape index (κ3) is 4.14. The van der Waals surface area contributed by atoms with Crippen molar-refractivity contribution in [3.8, 4) is 10.6 Å². The molecule has 0 spiro atoms. The summed E-state index contributed by atoms with van der Waals surface area (Å²) in [6.45, 7) is 3.79. The summed E-state index contributed by atoms with van der Waals surface area (Å²) in [5, 5.41) is 13.9. The Morgan fingerprint density at radius 1 is 1.36 bits per heavy atom. The summed E-state index contributed by atoms with van der Waals surface area (Å²) < 4.78 is 0. The smallest absolute Gasteiger partial charge is 0.303 e. The molecule has 2 N–H and O–H groups in total. The van der Waals surface area contributed by atoms with Crippen molar-refractivity contribution in [2.24, 2.45) is 0 Å². The molecular formula is C16H18N2O3S. The topological polar surface area (TPSA) is 79.3 Å². The molecule has 116 valence electrons. The van der Waals surface area contributed by atoms with E-state index in [4.69, 9.17) is 5.11 Å². The molecule has 0 aliphatic rings. The second-order valence-corrected chi connectivity index (χ2v) is 6.02. The summed E-state index contributed by atoms with van der Waals surface area (Å²) in [6, 6.07) is 7.68. The van der Waals surface area contributed by atoms with Gasteiger partial charge in [0.25, 0.3) is 5.91 Å². The largest absolute Gasteiger partial charge is 0.481 e. The quantitative estimate of drug-likeness (QED) is 0.857. The third-order valence-corrected chi connectivity index (χ3v) is 4.16. The molecule has 0 saturated carbocycles. The number of carbonyl (C=O) groups is 2. The normalized spacial score (nSPS) is 11.9. The number of nitrogens with one attached hydrogen (secondary N) is 1. The van der Waals surface area contributed by atoms with Crippen molar-refractivity contribution in [1.82, 2.24) is 10.3 Å². The molecule has 2 rings (SSSR count). The van der Waals surface area contributed by atoms with Crippen molar-refractivity contribution < 1.29 is 14.7 Å². The highest BCUT2D eigenvalue weighted by Gasteiger charge is 2.15. The molecule has 0 aliphatic heterocycles. The van der Waals surface area contributed by atoms with Gasteiger partial charge in [0, 0.05) is 23.4 Å². The van der Waals surface area contributed by atoms with Crippen molar-refractivity contribution in [1.29, 1.82) is 0 Å². The van der Waals surface area contributed by atoms with Gasteiger partial charge in [-0.3, -0.25) is 9.59 Å². The Morgan fingerprint density at radius 2 is 2.09 bits per heavy atom. The summed E-state index contributed by atoms with van der Waals surface area (Å²) in [6.07, 6.45) is 0.433. The Bertz CT molecular complexity index is 682. The fraction of sp³-hybridized carbons (Fsp3) is 0.312. The number of aliphatic carboxylic acids is 1. The average Bonchev–Trinajstić information content (AvgIpc) is 2.95. The van der Waals surface area contributed by atoms with Crippen molar-refractivity contribution >= 4 is 23.2 Å². The zero-order valence-electron chi connectivity index (χ0n) is 12.5. The first-order valence-corrected chi connectivity index (χ1v) is 7.89. The zero-order valence-corrected chi connectivity index (χ0v) is 13.3. The van der Waals surface area contributed by atoms with E-state index in [0.29, 0.717) is 12.1 Å². The number of hydrogen-bond donors (Lipinski definition) is 2. The molecule has 0 radical (unpaired) electrons. The van der Waals surface area contributed by atoms with E-state index in [1.807, 2.05) is 31.2 Å². The number of amides is 1. The molecule has 1 amide bonds. The predicted octanol–water partition coefficient (Wildman–Crippen LogP) is 3.10. The second kappa shape index (κ2) is 7.17. The second-order valence-electron chi connectivity index (χ2n) is 5.16. The molecular weight excluding hydrogens is 300 g/mol. The molecule has 1 aromatic carbocycles. The van der Waals surface area contributed by atoms with Gasteiger partial charge in [0.05, 0.1) is 0 Å². The maximum atomic E-state index is 12.1. The van der Waals surface area contributed by atoms with E-state index in [-0.39, 0.29) is 18.4 Å². The van der Waals surface area contributed by atoms with Gasteiger partial charge in [-0.1, -0.05) is 24.3 Å². The third-order valence-electron chi connectivity index (χ3n) is 3.28. The number of aryl methyl sites for hydroxylation is 1. The van der Waals surface area contributed by atoms with Crippen LogP contribution in [-0.2, 0) is 4.79 Å². The zero-order chi connectivity index (χ0) is 16.1. The number of nitrogens with zero attached hydrogens (tertiary/aromatic N) is 1. The highest BCUT2D eigenvalue weighted by molar-refractivity contribution is 7.13. The van der Waals surface area contributed by atoms with E-state index in [2.05, 4.69) is 10.3 Å². The minimum absolute atomic E-state index is 0.0347. The van der Waals surface area contributed by atoms with Crippen LogP contribution >= 0.6 is 11.3 Å². The van der Waals surface area contributed by atoms with Crippen molar-refractivity contribution in [2.75, 3.05) is 0 Å². The van der Waals surface area contributed by atoms with Gasteiger partial charge in [-0.2, -0.15) is 0 Å². The molecule has 0 fully saturated rings. The van der Waals surface area contributed by atoms with Crippen LogP contribution in [0.3, 0.4) is 0 Å². The molecule has 0 bridgehead atoms. The van der Waals surface area contributed by atoms with Crippen molar-refractivity contribution in [3.05, 3.63) is 40.9 Å². The monoisotopic (exact) mass is 318 g/mol. The van der Waals surface area contributed by atoms with E-state index in [9.17, 15) is 9.59 Å². The Balaban J connectivity index is 2.03. The van der Waals surface area contributed by atoms with E-state index >= 15 is 0 Å². The Kier molecular flexibility index (Phi) is 5.27.